The number of nitrogens with one attached hydrogen (secondary N) is 1. The average Bonchev–Trinajstić information content (AvgIpc) is 2.42. The van der Waals surface area contributed by atoms with E-state index in [-0.39, 0.29) is 30.1 Å². The van der Waals surface area contributed by atoms with Crippen LogP contribution in [-0.4, -0.2) is 35.9 Å². The molecule has 0 bridgehead atoms. The number of aliphatic hydroxyl groups excluding tert-OH is 1. The van der Waals surface area contributed by atoms with Gasteiger partial charge < -0.3 is 15.2 Å². The van der Waals surface area contributed by atoms with Crippen molar-refractivity contribution >= 4 is 5.91 Å². The Kier molecular flexibility index (Phi) is 5.64. The van der Waals surface area contributed by atoms with Crippen molar-refractivity contribution in [3.8, 4) is 0 Å². The van der Waals surface area contributed by atoms with Crippen molar-refractivity contribution < 1.29 is 14.6 Å². The number of rotatable bonds is 4. The van der Waals surface area contributed by atoms with Crippen LogP contribution < -0.4 is 5.32 Å². The number of amides is 1. The molecule has 1 amide bonds. The Bertz CT molecular complexity index is 285. The van der Waals surface area contributed by atoms with Gasteiger partial charge in [-0.05, 0) is 44.9 Å². The van der Waals surface area contributed by atoms with Crippen molar-refractivity contribution in [1.29, 1.82) is 0 Å². The quantitative estimate of drug-likeness (QED) is 0.820. The molecule has 1 heterocycles. The van der Waals surface area contributed by atoms with E-state index < -0.39 is 0 Å². The van der Waals surface area contributed by atoms with Crippen LogP contribution in [0.1, 0.15) is 58.3 Å². The molecule has 0 aromatic rings. The number of carbonyl (C=O) groups is 1. The van der Waals surface area contributed by atoms with Crippen molar-refractivity contribution in [2.45, 2.75) is 76.5 Å². The van der Waals surface area contributed by atoms with Crippen molar-refractivity contribution in [3.05, 3.63) is 0 Å². The number of aliphatic hydroxyl groups is 1. The van der Waals surface area contributed by atoms with Gasteiger partial charge in [-0.3, -0.25) is 4.79 Å². The predicted molar refractivity (Wildman–Crippen MR) is 73.8 cm³/mol. The lowest BCUT2D eigenvalue weighted by atomic mass is 9.90. The summed E-state index contributed by atoms with van der Waals surface area (Å²) in [6, 6.07) is 0.267. The first kappa shape index (κ1) is 14.8. The third-order valence-corrected chi connectivity index (χ3v) is 4.39. The van der Waals surface area contributed by atoms with Crippen LogP contribution in [0.15, 0.2) is 0 Å². The van der Waals surface area contributed by atoms with Gasteiger partial charge in [0.2, 0.25) is 5.91 Å². The second-order valence-electron chi connectivity index (χ2n) is 6.02. The second kappa shape index (κ2) is 7.25. The molecule has 1 saturated heterocycles. The minimum absolute atomic E-state index is 0.122. The predicted octanol–water partition coefficient (Wildman–Crippen LogP) is 2.00. The van der Waals surface area contributed by atoms with Gasteiger partial charge >= 0.3 is 0 Å². The molecule has 4 heteroatoms. The van der Waals surface area contributed by atoms with Gasteiger partial charge in [0, 0.05) is 18.6 Å². The summed E-state index contributed by atoms with van der Waals surface area (Å²) in [6.07, 6.45) is 7.44. The van der Waals surface area contributed by atoms with Crippen LogP contribution >= 0.6 is 0 Å². The van der Waals surface area contributed by atoms with Gasteiger partial charge in [0.25, 0.3) is 0 Å². The van der Waals surface area contributed by atoms with Crippen LogP contribution in [0.5, 0.6) is 0 Å². The lowest BCUT2D eigenvalue weighted by Crippen LogP contribution is -2.44. The molecule has 2 fully saturated rings. The van der Waals surface area contributed by atoms with Crippen molar-refractivity contribution in [1.82, 2.24) is 5.32 Å². The van der Waals surface area contributed by atoms with Gasteiger partial charge in [-0.2, -0.15) is 0 Å². The van der Waals surface area contributed by atoms with E-state index in [1.54, 1.807) is 0 Å². The molecule has 0 radical (unpaired) electrons. The monoisotopic (exact) mass is 269 g/mol. The first-order valence-electron chi connectivity index (χ1n) is 7.79. The maximum absolute atomic E-state index is 12.3. The van der Waals surface area contributed by atoms with Crippen LogP contribution in [0, 0.1) is 5.92 Å². The number of hydrogen-bond donors (Lipinski definition) is 2. The zero-order chi connectivity index (χ0) is 13.7. The average molecular weight is 269 g/mol. The highest BCUT2D eigenvalue weighted by atomic mass is 16.5. The molecular weight excluding hydrogens is 242 g/mol. The Morgan fingerprint density at radius 3 is 2.68 bits per heavy atom. The molecule has 0 aromatic carbocycles. The number of ether oxygens (including phenoxy) is 1. The normalized spacial score (nSPS) is 35.9. The van der Waals surface area contributed by atoms with E-state index in [4.69, 9.17) is 4.74 Å². The van der Waals surface area contributed by atoms with Gasteiger partial charge in [0.1, 0.15) is 0 Å². The highest BCUT2D eigenvalue weighted by Gasteiger charge is 2.29. The lowest BCUT2D eigenvalue weighted by Gasteiger charge is -2.31. The maximum atomic E-state index is 12.3. The Labute approximate surface area is 115 Å². The van der Waals surface area contributed by atoms with Crippen LogP contribution in [0.2, 0.25) is 0 Å². The van der Waals surface area contributed by atoms with E-state index in [1.807, 2.05) is 0 Å². The summed E-state index contributed by atoms with van der Waals surface area (Å²) in [7, 11) is 0. The Hall–Kier alpha value is -0.610. The topological polar surface area (TPSA) is 58.6 Å². The molecule has 1 aliphatic heterocycles. The third kappa shape index (κ3) is 4.46. The fraction of sp³-hybridized carbons (Fsp3) is 0.933. The first-order valence-corrected chi connectivity index (χ1v) is 7.79. The molecule has 2 unspecified atom stereocenters. The molecule has 2 aliphatic rings. The fourth-order valence-electron chi connectivity index (χ4n) is 3.18. The summed E-state index contributed by atoms with van der Waals surface area (Å²) in [5.74, 6) is 0.322. The Morgan fingerprint density at radius 2 is 2.00 bits per heavy atom. The molecule has 0 aromatic heterocycles. The summed E-state index contributed by atoms with van der Waals surface area (Å²) < 4.78 is 5.69. The molecule has 1 aliphatic carbocycles. The highest BCUT2D eigenvalue weighted by Crippen LogP contribution is 2.24. The largest absolute Gasteiger partial charge is 0.393 e. The van der Waals surface area contributed by atoms with Crippen molar-refractivity contribution in [2.24, 2.45) is 5.92 Å². The van der Waals surface area contributed by atoms with Crippen LogP contribution in [0.3, 0.4) is 0 Å². The smallest absolute Gasteiger partial charge is 0.223 e. The summed E-state index contributed by atoms with van der Waals surface area (Å²) in [5, 5.41) is 12.6. The maximum Gasteiger partial charge on any atom is 0.223 e. The van der Waals surface area contributed by atoms with E-state index in [2.05, 4.69) is 12.2 Å². The molecule has 2 atom stereocenters. The molecule has 2 N–H and O–H groups in total. The SMILES string of the molecule is CCCC1CC(C(=O)NC2CCC(O)CC2)CCO1. The summed E-state index contributed by atoms with van der Waals surface area (Å²) in [4.78, 5) is 12.3. The molecule has 1 saturated carbocycles. The van der Waals surface area contributed by atoms with Gasteiger partial charge in [-0.15, -0.1) is 0 Å². The molecule has 110 valence electrons. The molecule has 4 nitrogen and oxygen atoms in total. The Balaban J connectivity index is 1.76. The third-order valence-electron chi connectivity index (χ3n) is 4.39. The summed E-state index contributed by atoms with van der Waals surface area (Å²) in [6.45, 7) is 2.87. The van der Waals surface area contributed by atoms with Gasteiger partial charge in [-0.25, -0.2) is 0 Å². The number of hydrogen-bond acceptors (Lipinski definition) is 3. The minimum Gasteiger partial charge on any atom is -0.393 e. The zero-order valence-corrected chi connectivity index (χ0v) is 11.9. The molecule has 0 spiro atoms. The zero-order valence-electron chi connectivity index (χ0n) is 11.9. The van der Waals surface area contributed by atoms with E-state index in [0.717, 1.165) is 51.4 Å². The van der Waals surface area contributed by atoms with Gasteiger partial charge in [-0.1, -0.05) is 13.3 Å². The van der Waals surface area contributed by atoms with E-state index >= 15 is 0 Å². The van der Waals surface area contributed by atoms with E-state index in [0.29, 0.717) is 6.61 Å². The summed E-state index contributed by atoms with van der Waals surface area (Å²) >= 11 is 0. The van der Waals surface area contributed by atoms with Crippen molar-refractivity contribution in [2.75, 3.05) is 6.61 Å². The minimum atomic E-state index is -0.162. The van der Waals surface area contributed by atoms with Crippen LogP contribution in [-0.2, 0) is 9.53 Å². The van der Waals surface area contributed by atoms with E-state index in [1.165, 1.54) is 0 Å². The van der Waals surface area contributed by atoms with Crippen molar-refractivity contribution in [3.63, 3.8) is 0 Å². The second-order valence-corrected chi connectivity index (χ2v) is 6.02. The Morgan fingerprint density at radius 1 is 1.26 bits per heavy atom. The molecule has 19 heavy (non-hydrogen) atoms. The highest BCUT2D eigenvalue weighted by molar-refractivity contribution is 5.79. The van der Waals surface area contributed by atoms with Crippen LogP contribution in [0.4, 0.5) is 0 Å². The number of carbonyl (C=O) groups excluding carboxylic acids is 1. The lowest BCUT2D eigenvalue weighted by molar-refractivity contribution is -0.131. The summed E-state index contributed by atoms with van der Waals surface area (Å²) in [5.41, 5.74) is 0. The standard InChI is InChI=1S/C15H27NO3/c1-2-3-14-10-11(8-9-19-14)15(18)16-12-4-6-13(17)7-5-12/h11-14,17H,2-10H2,1H3,(H,16,18). The molecule has 2 rings (SSSR count). The van der Waals surface area contributed by atoms with Crippen LogP contribution in [0.25, 0.3) is 0 Å². The fourth-order valence-corrected chi connectivity index (χ4v) is 3.18. The van der Waals surface area contributed by atoms with Gasteiger partial charge in [0.05, 0.1) is 12.2 Å². The van der Waals surface area contributed by atoms with Gasteiger partial charge in [0.15, 0.2) is 0 Å². The first-order chi connectivity index (χ1) is 9.19. The van der Waals surface area contributed by atoms with E-state index in [9.17, 15) is 9.90 Å². The molecular formula is C15H27NO3.